The molecule has 0 atom stereocenters. The number of thiophene rings is 1. The highest BCUT2D eigenvalue weighted by atomic mass is 32.1. The smallest absolute Gasteiger partial charge is 0.165 e. The van der Waals surface area contributed by atoms with Crippen molar-refractivity contribution >= 4 is 63.8 Å². The van der Waals surface area contributed by atoms with Gasteiger partial charge in [0.2, 0.25) is 0 Å². The molecule has 284 valence electrons. The largest absolute Gasteiger partial charge is 0.208 e. The zero-order valence-corrected chi connectivity index (χ0v) is 33.8. The molecular formula is C57H35N3S. The molecule has 0 fully saturated rings. The summed E-state index contributed by atoms with van der Waals surface area (Å²) in [7, 11) is 0. The predicted octanol–water partition coefficient (Wildman–Crippen LogP) is 15.7. The number of benzene rings is 10. The van der Waals surface area contributed by atoms with Crippen molar-refractivity contribution in [2.24, 2.45) is 0 Å². The SMILES string of the molecule is c1ccc(-c2ccccc2-c2nc(-c3ccc(-c4ccc(-c5c6ccccc6cc6c5ccc5ccccc56)cc4)cc3)nc(-c3cccc4c3sc3ccccc34)n2)cc1. The van der Waals surface area contributed by atoms with Crippen molar-refractivity contribution in [3.8, 4) is 67.5 Å². The lowest BCUT2D eigenvalue weighted by atomic mass is 9.89. The Morgan fingerprint density at radius 3 is 1.62 bits per heavy atom. The fourth-order valence-electron chi connectivity index (χ4n) is 8.99. The molecule has 0 saturated heterocycles. The first-order valence-electron chi connectivity index (χ1n) is 20.6. The quantitative estimate of drug-likeness (QED) is 0.124. The highest BCUT2D eigenvalue weighted by Gasteiger charge is 2.19. The van der Waals surface area contributed by atoms with Crippen molar-refractivity contribution in [3.63, 3.8) is 0 Å². The van der Waals surface area contributed by atoms with Crippen LogP contribution in [0.25, 0.3) is 120 Å². The van der Waals surface area contributed by atoms with E-state index in [-0.39, 0.29) is 0 Å². The third kappa shape index (κ3) is 6.07. The van der Waals surface area contributed by atoms with Crippen LogP contribution in [0.1, 0.15) is 0 Å². The van der Waals surface area contributed by atoms with Gasteiger partial charge in [-0.25, -0.2) is 15.0 Å². The molecule has 61 heavy (non-hydrogen) atoms. The maximum Gasteiger partial charge on any atom is 0.165 e. The molecule has 2 heterocycles. The van der Waals surface area contributed by atoms with Crippen LogP contribution in [0.15, 0.2) is 212 Å². The van der Waals surface area contributed by atoms with Crippen LogP contribution in [-0.4, -0.2) is 15.0 Å². The highest BCUT2D eigenvalue weighted by Crippen LogP contribution is 2.42. The number of rotatable bonds is 6. The maximum atomic E-state index is 5.24. The van der Waals surface area contributed by atoms with Gasteiger partial charge in [-0.15, -0.1) is 11.3 Å². The zero-order chi connectivity index (χ0) is 40.3. The third-order valence-corrected chi connectivity index (χ3v) is 13.2. The van der Waals surface area contributed by atoms with Crippen molar-refractivity contribution < 1.29 is 0 Å². The number of fused-ring (bicyclic) bond motifs is 7. The Morgan fingerprint density at radius 1 is 0.279 bits per heavy atom. The lowest BCUT2D eigenvalue weighted by Gasteiger charge is -2.14. The number of hydrogen-bond acceptors (Lipinski definition) is 4. The minimum atomic E-state index is 0.637. The van der Waals surface area contributed by atoms with E-state index in [1.807, 2.05) is 6.07 Å². The molecule has 0 aliphatic carbocycles. The first-order valence-corrected chi connectivity index (χ1v) is 21.4. The van der Waals surface area contributed by atoms with Crippen molar-refractivity contribution in [2.45, 2.75) is 0 Å². The molecule has 0 amide bonds. The molecule has 12 rings (SSSR count). The van der Waals surface area contributed by atoms with Gasteiger partial charge in [0.15, 0.2) is 17.5 Å². The van der Waals surface area contributed by atoms with Crippen molar-refractivity contribution in [1.29, 1.82) is 0 Å². The number of hydrogen-bond donors (Lipinski definition) is 0. The van der Waals surface area contributed by atoms with Crippen LogP contribution in [-0.2, 0) is 0 Å². The van der Waals surface area contributed by atoms with Crippen molar-refractivity contribution in [3.05, 3.63) is 212 Å². The Kier molecular flexibility index (Phi) is 8.36. The van der Waals surface area contributed by atoms with E-state index < -0.39 is 0 Å². The van der Waals surface area contributed by atoms with Gasteiger partial charge in [-0.3, -0.25) is 0 Å². The Balaban J connectivity index is 0.957. The first-order chi connectivity index (χ1) is 30.2. The van der Waals surface area contributed by atoms with Gasteiger partial charge >= 0.3 is 0 Å². The second-order valence-corrected chi connectivity index (χ2v) is 16.6. The number of nitrogens with zero attached hydrogens (tertiary/aromatic N) is 3. The molecule has 0 radical (unpaired) electrons. The minimum absolute atomic E-state index is 0.637. The Morgan fingerprint density at radius 2 is 0.836 bits per heavy atom. The molecule has 0 aliphatic rings. The van der Waals surface area contributed by atoms with Crippen LogP contribution >= 0.6 is 11.3 Å². The molecular weight excluding hydrogens is 759 g/mol. The summed E-state index contributed by atoms with van der Waals surface area (Å²) in [5, 5.41) is 10.0. The van der Waals surface area contributed by atoms with Gasteiger partial charge < -0.3 is 0 Å². The van der Waals surface area contributed by atoms with Crippen molar-refractivity contribution in [1.82, 2.24) is 15.0 Å². The van der Waals surface area contributed by atoms with Gasteiger partial charge in [0.25, 0.3) is 0 Å². The van der Waals surface area contributed by atoms with Gasteiger partial charge in [-0.05, 0) is 83.9 Å². The fraction of sp³-hybridized carbons (Fsp3) is 0. The van der Waals surface area contributed by atoms with E-state index in [0.717, 1.165) is 38.9 Å². The van der Waals surface area contributed by atoms with Crippen LogP contribution in [0, 0.1) is 0 Å². The summed E-state index contributed by atoms with van der Waals surface area (Å²) < 4.78 is 2.42. The summed E-state index contributed by atoms with van der Waals surface area (Å²) in [5.74, 6) is 1.94. The Bertz CT molecular complexity index is 3630. The molecule has 0 bridgehead atoms. The molecule has 0 spiro atoms. The third-order valence-electron chi connectivity index (χ3n) is 12.0. The van der Waals surface area contributed by atoms with E-state index >= 15 is 0 Å². The topological polar surface area (TPSA) is 38.7 Å². The number of aromatic nitrogens is 3. The second kappa shape index (κ2) is 14.5. The van der Waals surface area contributed by atoms with E-state index in [2.05, 4.69) is 206 Å². The van der Waals surface area contributed by atoms with E-state index in [0.29, 0.717) is 17.5 Å². The van der Waals surface area contributed by atoms with Gasteiger partial charge in [-0.2, -0.15) is 0 Å². The first kappa shape index (κ1) is 35.2. The van der Waals surface area contributed by atoms with E-state index in [9.17, 15) is 0 Å². The lowest BCUT2D eigenvalue weighted by molar-refractivity contribution is 1.08. The molecule has 3 nitrogen and oxygen atoms in total. The molecule has 0 saturated carbocycles. The summed E-state index contributed by atoms with van der Waals surface area (Å²) >= 11 is 1.79. The lowest BCUT2D eigenvalue weighted by Crippen LogP contribution is -2.01. The summed E-state index contributed by atoms with van der Waals surface area (Å²) in [5.41, 5.74) is 9.84. The molecule has 2 aromatic heterocycles. The average molecular weight is 794 g/mol. The van der Waals surface area contributed by atoms with E-state index in [1.165, 1.54) is 63.6 Å². The fourth-order valence-corrected chi connectivity index (χ4v) is 10.2. The maximum absolute atomic E-state index is 5.24. The van der Waals surface area contributed by atoms with Crippen LogP contribution in [0.5, 0.6) is 0 Å². The van der Waals surface area contributed by atoms with Gasteiger partial charge in [0.1, 0.15) is 0 Å². The summed E-state index contributed by atoms with van der Waals surface area (Å²) in [6.45, 7) is 0. The van der Waals surface area contributed by atoms with Crippen LogP contribution < -0.4 is 0 Å². The zero-order valence-electron chi connectivity index (χ0n) is 33.0. The minimum Gasteiger partial charge on any atom is -0.208 e. The predicted molar refractivity (Wildman–Crippen MR) is 258 cm³/mol. The summed E-state index contributed by atoms with van der Waals surface area (Å²) in [6.07, 6.45) is 0. The Labute approximate surface area is 356 Å². The summed E-state index contributed by atoms with van der Waals surface area (Å²) in [4.78, 5) is 15.7. The van der Waals surface area contributed by atoms with E-state index in [4.69, 9.17) is 15.0 Å². The Hall–Kier alpha value is -7.79. The van der Waals surface area contributed by atoms with Crippen LogP contribution in [0.3, 0.4) is 0 Å². The molecule has 4 heteroatoms. The second-order valence-electron chi connectivity index (χ2n) is 15.5. The van der Waals surface area contributed by atoms with Gasteiger partial charge in [0.05, 0.1) is 0 Å². The molecule has 0 aliphatic heterocycles. The standard InChI is InChI=1S/C57H35N3S/c1-2-13-38(14-3-1)43-17-8-9-21-49(43)56-58-55(59-57(60-56)50-23-12-22-48-46-20-10-11-24-52(46)61-54(48)50)41-31-27-37(28-32-41)36-25-29-40(30-26-36)53-45-19-7-5-16-42(45)35-51-44-18-6-4-15-39(44)33-34-47(51)53/h1-35H. The molecule has 10 aromatic carbocycles. The molecule has 0 unspecified atom stereocenters. The molecule has 12 aromatic rings. The van der Waals surface area contributed by atoms with E-state index in [1.54, 1.807) is 11.3 Å². The van der Waals surface area contributed by atoms with Gasteiger partial charge in [0, 0.05) is 36.9 Å². The van der Waals surface area contributed by atoms with Crippen LogP contribution in [0.4, 0.5) is 0 Å². The monoisotopic (exact) mass is 793 g/mol. The van der Waals surface area contributed by atoms with Gasteiger partial charge in [-0.1, -0.05) is 194 Å². The normalized spacial score (nSPS) is 11.6. The molecule has 0 N–H and O–H groups in total. The van der Waals surface area contributed by atoms with Crippen molar-refractivity contribution in [2.75, 3.05) is 0 Å². The highest BCUT2D eigenvalue weighted by molar-refractivity contribution is 7.26. The summed E-state index contributed by atoms with van der Waals surface area (Å²) in [6, 6.07) is 75.8. The van der Waals surface area contributed by atoms with Crippen LogP contribution in [0.2, 0.25) is 0 Å². The average Bonchev–Trinajstić information content (AvgIpc) is 3.73.